The fraction of sp³-hybridized carbons (Fsp3) is 0.188. The van der Waals surface area contributed by atoms with Gasteiger partial charge in [-0.3, -0.25) is 0 Å². The zero-order chi connectivity index (χ0) is 14.4. The van der Waals surface area contributed by atoms with Gasteiger partial charge in [-0.25, -0.2) is 4.79 Å². The van der Waals surface area contributed by atoms with Crippen molar-refractivity contribution in [3.05, 3.63) is 59.7 Å². The molecule has 0 unspecified atom stereocenters. The third kappa shape index (κ3) is 3.51. The largest absolute Gasteiger partial charge is 0.497 e. The Morgan fingerprint density at radius 1 is 1.00 bits per heavy atom. The molecule has 0 heterocycles. The molecule has 0 saturated heterocycles. The normalized spacial score (nSPS) is 9.90. The minimum absolute atomic E-state index is 0.351. The van der Waals surface area contributed by atoms with Crippen LogP contribution in [0.1, 0.15) is 15.9 Å². The van der Waals surface area contributed by atoms with E-state index in [1.807, 2.05) is 30.3 Å². The van der Waals surface area contributed by atoms with Crippen LogP contribution in [-0.2, 0) is 11.3 Å². The molecule has 0 aliphatic heterocycles. The minimum Gasteiger partial charge on any atom is -0.497 e. The number of rotatable bonds is 5. The first-order valence-electron chi connectivity index (χ1n) is 6.17. The molecule has 2 aromatic rings. The third-order valence-electron chi connectivity index (χ3n) is 2.81. The Kier molecular flexibility index (Phi) is 4.60. The summed E-state index contributed by atoms with van der Waals surface area (Å²) in [5.74, 6) is 1.18. The first-order valence-corrected chi connectivity index (χ1v) is 6.17. The Bertz CT molecular complexity index is 575. The molecule has 0 radical (unpaired) electrons. The maximum Gasteiger partial charge on any atom is 0.337 e. The van der Waals surface area contributed by atoms with Crippen molar-refractivity contribution in [1.29, 1.82) is 0 Å². The van der Waals surface area contributed by atoms with Crippen LogP contribution < -0.4 is 9.47 Å². The summed E-state index contributed by atoms with van der Waals surface area (Å²) in [6.07, 6.45) is 0. The molecular weight excluding hydrogens is 256 g/mol. The van der Waals surface area contributed by atoms with Crippen LogP contribution in [0, 0.1) is 0 Å². The van der Waals surface area contributed by atoms with E-state index in [9.17, 15) is 4.79 Å². The average molecular weight is 272 g/mol. The average Bonchev–Trinajstić information content (AvgIpc) is 2.53. The van der Waals surface area contributed by atoms with Crippen molar-refractivity contribution in [3.63, 3.8) is 0 Å². The van der Waals surface area contributed by atoms with E-state index in [1.165, 1.54) is 7.11 Å². The molecule has 0 spiro atoms. The zero-order valence-corrected chi connectivity index (χ0v) is 11.5. The fourth-order valence-electron chi connectivity index (χ4n) is 1.74. The number of esters is 1. The van der Waals surface area contributed by atoms with E-state index >= 15 is 0 Å². The molecule has 0 N–H and O–H groups in total. The molecule has 0 amide bonds. The quantitative estimate of drug-likeness (QED) is 0.785. The zero-order valence-electron chi connectivity index (χ0n) is 11.5. The predicted octanol–water partition coefficient (Wildman–Crippen LogP) is 3.06. The Balaban J connectivity index is 2.01. The number of hydrogen-bond acceptors (Lipinski definition) is 4. The van der Waals surface area contributed by atoms with Crippen LogP contribution in [0.3, 0.4) is 0 Å². The summed E-state index contributed by atoms with van der Waals surface area (Å²) in [6, 6.07) is 14.5. The van der Waals surface area contributed by atoms with Gasteiger partial charge in [0.15, 0.2) is 0 Å². The number of ether oxygens (including phenoxy) is 3. The Labute approximate surface area is 117 Å². The molecule has 0 aromatic heterocycles. The molecule has 0 fully saturated rings. The number of hydrogen-bond donors (Lipinski definition) is 0. The molecule has 4 heteroatoms. The first-order chi connectivity index (χ1) is 9.72. The van der Waals surface area contributed by atoms with Crippen LogP contribution in [0.2, 0.25) is 0 Å². The van der Waals surface area contributed by atoms with Crippen LogP contribution >= 0.6 is 0 Å². The van der Waals surface area contributed by atoms with E-state index in [4.69, 9.17) is 9.47 Å². The Hall–Kier alpha value is -2.49. The topological polar surface area (TPSA) is 44.8 Å². The van der Waals surface area contributed by atoms with Crippen molar-refractivity contribution < 1.29 is 19.0 Å². The fourth-order valence-corrected chi connectivity index (χ4v) is 1.74. The molecule has 4 nitrogen and oxygen atoms in total. The van der Waals surface area contributed by atoms with Gasteiger partial charge in [0.05, 0.1) is 19.8 Å². The highest BCUT2D eigenvalue weighted by atomic mass is 16.5. The highest BCUT2D eigenvalue weighted by Crippen LogP contribution is 2.18. The van der Waals surface area contributed by atoms with Gasteiger partial charge in [-0.1, -0.05) is 12.1 Å². The molecule has 0 aliphatic carbocycles. The van der Waals surface area contributed by atoms with Gasteiger partial charge in [-0.2, -0.15) is 0 Å². The van der Waals surface area contributed by atoms with Gasteiger partial charge in [0, 0.05) is 0 Å². The second-order valence-electron chi connectivity index (χ2n) is 4.16. The second-order valence-corrected chi connectivity index (χ2v) is 4.16. The van der Waals surface area contributed by atoms with Crippen LogP contribution in [0.5, 0.6) is 11.5 Å². The summed E-state index contributed by atoms with van der Waals surface area (Å²) in [5.41, 5.74) is 1.42. The molecule has 2 rings (SSSR count). The maximum absolute atomic E-state index is 11.4. The summed E-state index contributed by atoms with van der Waals surface area (Å²) in [4.78, 5) is 11.4. The van der Waals surface area contributed by atoms with E-state index in [2.05, 4.69) is 4.74 Å². The monoisotopic (exact) mass is 272 g/mol. The first kappa shape index (κ1) is 13.9. The van der Waals surface area contributed by atoms with Gasteiger partial charge >= 0.3 is 5.97 Å². The number of benzene rings is 2. The van der Waals surface area contributed by atoms with Crippen LogP contribution in [0.15, 0.2) is 48.5 Å². The van der Waals surface area contributed by atoms with Crippen LogP contribution in [0.4, 0.5) is 0 Å². The molecule has 20 heavy (non-hydrogen) atoms. The van der Waals surface area contributed by atoms with Gasteiger partial charge in [0.2, 0.25) is 0 Å². The summed E-state index contributed by atoms with van der Waals surface area (Å²) in [7, 11) is 2.98. The lowest BCUT2D eigenvalue weighted by Gasteiger charge is -2.08. The van der Waals surface area contributed by atoms with E-state index in [0.29, 0.717) is 12.2 Å². The minimum atomic E-state index is -0.351. The van der Waals surface area contributed by atoms with Crippen molar-refractivity contribution in [1.82, 2.24) is 0 Å². The summed E-state index contributed by atoms with van der Waals surface area (Å²) in [5, 5.41) is 0. The van der Waals surface area contributed by atoms with E-state index < -0.39 is 0 Å². The van der Waals surface area contributed by atoms with E-state index in [1.54, 1.807) is 25.3 Å². The second kappa shape index (κ2) is 6.61. The molecule has 0 saturated carbocycles. The van der Waals surface area contributed by atoms with Crippen molar-refractivity contribution in [2.45, 2.75) is 6.61 Å². The molecule has 104 valence electrons. The SMILES string of the molecule is COC(=O)c1cccc(COc2ccc(OC)cc2)c1. The smallest absolute Gasteiger partial charge is 0.337 e. The predicted molar refractivity (Wildman–Crippen MR) is 75.1 cm³/mol. The van der Waals surface area contributed by atoms with E-state index in [-0.39, 0.29) is 5.97 Å². The number of carbonyl (C=O) groups excluding carboxylic acids is 1. The molecule has 0 atom stereocenters. The summed E-state index contributed by atoms with van der Waals surface area (Å²) < 4.78 is 15.4. The van der Waals surface area contributed by atoms with Gasteiger partial charge < -0.3 is 14.2 Å². The number of methoxy groups -OCH3 is 2. The molecule has 0 bridgehead atoms. The maximum atomic E-state index is 11.4. The van der Waals surface area contributed by atoms with Crippen molar-refractivity contribution >= 4 is 5.97 Å². The Morgan fingerprint density at radius 2 is 1.70 bits per heavy atom. The highest BCUT2D eigenvalue weighted by Gasteiger charge is 2.05. The third-order valence-corrected chi connectivity index (χ3v) is 2.81. The molecule has 0 aliphatic rings. The highest BCUT2D eigenvalue weighted by molar-refractivity contribution is 5.89. The summed E-state index contributed by atoms with van der Waals surface area (Å²) >= 11 is 0. The van der Waals surface area contributed by atoms with Crippen molar-refractivity contribution in [3.8, 4) is 11.5 Å². The number of carbonyl (C=O) groups is 1. The lowest BCUT2D eigenvalue weighted by molar-refractivity contribution is 0.0600. The molecular formula is C16H16O4. The van der Waals surface area contributed by atoms with Crippen LogP contribution in [-0.4, -0.2) is 20.2 Å². The molecule has 2 aromatic carbocycles. The van der Waals surface area contributed by atoms with Crippen molar-refractivity contribution in [2.24, 2.45) is 0 Å². The van der Waals surface area contributed by atoms with E-state index in [0.717, 1.165) is 17.1 Å². The standard InChI is InChI=1S/C16H16O4/c1-18-14-6-8-15(9-7-14)20-11-12-4-3-5-13(10-12)16(17)19-2/h3-10H,11H2,1-2H3. The van der Waals surface area contributed by atoms with Gasteiger partial charge in [0.25, 0.3) is 0 Å². The summed E-state index contributed by atoms with van der Waals surface area (Å²) in [6.45, 7) is 0.386. The Morgan fingerprint density at radius 3 is 2.35 bits per heavy atom. The lowest BCUT2D eigenvalue weighted by atomic mass is 10.1. The lowest BCUT2D eigenvalue weighted by Crippen LogP contribution is -2.03. The van der Waals surface area contributed by atoms with Gasteiger partial charge in [-0.15, -0.1) is 0 Å². The van der Waals surface area contributed by atoms with Gasteiger partial charge in [-0.05, 0) is 42.0 Å². The van der Waals surface area contributed by atoms with Crippen molar-refractivity contribution in [2.75, 3.05) is 14.2 Å². The van der Waals surface area contributed by atoms with Gasteiger partial charge in [0.1, 0.15) is 18.1 Å². The van der Waals surface area contributed by atoms with Crippen LogP contribution in [0.25, 0.3) is 0 Å².